The Morgan fingerprint density at radius 3 is 2.80 bits per heavy atom. The van der Waals surface area contributed by atoms with Crippen molar-refractivity contribution >= 4 is 16.8 Å². The molecule has 0 unspecified atom stereocenters. The maximum absolute atomic E-state index is 5.54. The molecule has 0 spiro atoms. The molecule has 0 amide bonds. The Kier molecular flexibility index (Phi) is 4.18. The number of fused-ring (bicyclic) bond motifs is 1. The highest BCUT2D eigenvalue weighted by Crippen LogP contribution is 2.25. The van der Waals surface area contributed by atoms with Crippen LogP contribution >= 0.6 is 0 Å². The fourth-order valence-corrected chi connectivity index (χ4v) is 2.79. The van der Waals surface area contributed by atoms with Gasteiger partial charge in [0.05, 0.1) is 11.6 Å². The van der Waals surface area contributed by atoms with Crippen LogP contribution in [0.2, 0.25) is 0 Å². The summed E-state index contributed by atoms with van der Waals surface area (Å²) in [5.41, 5.74) is 6.46. The lowest BCUT2D eigenvalue weighted by molar-refractivity contribution is 0.253. The molecule has 0 saturated carbocycles. The molecule has 0 bridgehead atoms. The van der Waals surface area contributed by atoms with E-state index in [0.717, 1.165) is 62.5 Å². The molecule has 1 aliphatic heterocycles. The number of anilines is 1. The minimum absolute atomic E-state index is 0.798. The second kappa shape index (κ2) is 6.24. The van der Waals surface area contributed by atoms with Crippen molar-refractivity contribution < 1.29 is 4.42 Å². The fourth-order valence-electron chi connectivity index (χ4n) is 2.79. The molecular formula is C15H22N4O. The highest BCUT2D eigenvalue weighted by Gasteiger charge is 2.19. The van der Waals surface area contributed by atoms with Crippen LogP contribution in [0.25, 0.3) is 11.0 Å². The number of aromatic nitrogens is 1. The van der Waals surface area contributed by atoms with Crippen molar-refractivity contribution in [2.45, 2.75) is 12.8 Å². The fraction of sp³-hybridized carbons (Fsp3) is 0.533. The van der Waals surface area contributed by atoms with Gasteiger partial charge in [-0.3, -0.25) is 4.90 Å². The molecule has 2 aromatic heterocycles. The quantitative estimate of drug-likeness (QED) is 0.841. The van der Waals surface area contributed by atoms with E-state index in [1.54, 1.807) is 6.26 Å². The van der Waals surface area contributed by atoms with E-state index in [-0.39, 0.29) is 0 Å². The van der Waals surface area contributed by atoms with Gasteiger partial charge in [0.1, 0.15) is 11.4 Å². The third kappa shape index (κ3) is 2.78. The van der Waals surface area contributed by atoms with Gasteiger partial charge in [-0.2, -0.15) is 0 Å². The van der Waals surface area contributed by atoms with E-state index in [0.29, 0.717) is 0 Å². The summed E-state index contributed by atoms with van der Waals surface area (Å²) in [5.74, 6) is 1.05. The first-order valence-electron chi connectivity index (χ1n) is 7.38. The minimum Gasteiger partial charge on any atom is -0.464 e. The molecule has 2 aromatic rings. The summed E-state index contributed by atoms with van der Waals surface area (Å²) in [4.78, 5) is 9.41. The molecular weight excluding hydrogens is 252 g/mol. The van der Waals surface area contributed by atoms with E-state index in [2.05, 4.69) is 14.8 Å². The zero-order valence-electron chi connectivity index (χ0n) is 11.8. The van der Waals surface area contributed by atoms with Gasteiger partial charge in [0, 0.05) is 32.4 Å². The Morgan fingerprint density at radius 1 is 1.15 bits per heavy atom. The largest absolute Gasteiger partial charge is 0.464 e. The van der Waals surface area contributed by atoms with Crippen molar-refractivity contribution in [1.29, 1.82) is 0 Å². The lowest BCUT2D eigenvalue weighted by Gasteiger charge is -2.35. The number of pyridine rings is 1. The molecule has 0 aromatic carbocycles. The van der Waals surface area contributed by atoms with Crippen molar-refractivity contribution in [2.75, 3.05) is 44.2 Å². The molecule has 1 aliphatic rings. The number of piperazine rings is 1. The summed E-state index contributed by atoms with van der Waals surface area (Å²) >= 11 is 0. The zero-order valence-corrected chi connectivity index (χ0v) is 11.8. The summed E-state index contributed by atoms with van der Waals surface area (Å²) in [6, 6.07) is 3.92. The second-order valence-electron chi connectivity index (χ2n) is 5.29. The van der Waals surface area contributed by atoms with Crippen LogP contribution in [0.4, 0.5) is 5.82 Å². The summed E-state index contributed by atoms with van der Waals surface area (Å²) in [5, 5.41) is 1.11. The van der Waals surface area contributed by atoms with Crippen LogP contribution in [0.15, 0.2) is 29.0 Å². The van der Waals surface area contributed by atoms with E-state index in [1.807, 2.05) is 18.3 Å². The lowest BCUT2D eigenvalue weighted by Crippen LogP contribution is -2.47. The third-order valence-corrected chi connectivity index (χ3v) is 3.96. The number of nitrogens with zero attached hydrogens (tertiary/aromatic N) is 3. The number of furan rings is 1. The number of hydrogen-bond acceptors (Lipinski definition) is 5. The molecule has 3 heterocycles. The van der Waals surface area contributed by atoms with Gasteiger partial charge in [-0.15, -0.1) is 0 Å². The minimum atomic E-state index is 0.798. The van der Waals surface area contributed by atoms with Crippen LogP contribution < -0.4 is 10.6 Å². The van der Waals surface area contributed by atoms with E-state index in [9.17, 15) is 0 Å². The molecule has 1 saturated heterocycles. The molecule has 0 aliphatic carbocycles. The summed E-state index contributed by atoms with van der Waals surface area (Å²) in [6.45, 7) is 6.21. The first kappa shape index (κ1) is 13.4. The number of unbranched alkanes of at least 4 members (excludes halogenated alkanes) is 1. The van der Waals surface area contributed by atoms with Crippen LogP contribution in [0.3, 0.4) is 0 Å². The molecule has 2 N–H and O–H groups in total. The monoisotopic (exact) mass is 274 g/mol. The number of hydrogen-bond donors (Lipinski definition) is 1. The Morgan fingerprint density at radius 2 is 2.00 bits per heavy atom. The van der Waals surface area contributed by atoms with Crippen LogP contribution in [0.5, 0.6) is 0 Å². The van der Waals surface area contributed by atoms with Crippen LogP contribution in [0, 0.1) is 0 Å². The van der Waals surface area contributed by atoms with Crippen molar-refractivity contribution in [3.63, 3.8) is 0 Å². The second-order valence-corrected chi connectivity index (χ2v) is 5.29. The van der Waals surface area contributed by atoms with Gasteiger partial charge in [0.2, 0.25) is 0 Å². The third-order valence-electron chi connectivity index (χ3n) is 3.96. The first-order chi connectivity index (χ1) is 9.88. The van der Waals surface area contributed by atoms with E-state index in [1.165, 1.54) is 6.42 Å². The zero-order chi connectivity index (χ0) is 13.8. The Bertz CT molecular complexity index is 546. The van der Waals surface area contributed by atoms with E-state index >= 15 is 0 Å². The molecule has 5 heteroatoms. The van der Waals surface area contributed by atoms with Crippen molar-refractivity contribution in [2.24, 2.45) is 5.73 Å². The average molecular weight is 274 g/mol. The Hall–Kier alpha value is -1.59. The van der Waals surface area contributed by atoms with Gasteiger partial charge in [-0.25, -0.2) is 4.98 Å². The van der Waals surface area contributed by atoms with Crippen molar-refractivity contribution in [3.05, 3.63) is 24.6 Å². The molecule has 20 heavy (non-hydrogen) atoms. The Balaban J connectivity index is 1.62. The molecule has 1 fully saturated rings. The van der Waals surface area contributed by atoms with E-state index in [4.69, 9.17) is 10.2 Å². The van der Waals surface area contributed by atoms with E-state index < -0.39 is 0 Å². The molecule has 108 valence electrons. The van der Waals surface area contributed by atoms with Gasteiger partial charge in [0.25, 0.3) is 0 Å². The Labute approximate surface area is 119 Å². The van der Waals surface area contributed by atoms with Gasteiger partial charge in [0.15, 0.2) is 0 Å². The van der Waals surface area contributed by atoms with Gasteiger partial charge < -0.3 is 15.1 Å². The van der Waals surface area contributed by atoms with Crippen LogP contribution in [0.1, 0.15) is 12.8 Å². The van der Waals surface area contributed by atoms with Crippen LogP contribution in [-0.2, 0) is 0 Å². The predicted molar refractivity (Wildman–Crippen MR) is 81.0 cm³/mol. The maximum Gasteiger partial charge on any atom is 0.139 e. The lowest BCUT2D eigenvalue weighted by atomic mass is 10.2. The van der Waals surface area contributed by atoms with Crippen LogP contribution in [-0.4, -0.2) is 49.2 Å². The smallest absolute Gasteiger partial charge is 0.139 e. The molecule has 0 atom stereocenters. The average Bonchev–Trinajstić information content (AvgIpc) is 2.97. The van der Waals surface area contributed by atoms with Gasteiger partial charge in [-0.1, -0.05) is 0 Å². The highest BCUT2D eigenvalue weighted by atomic mass is 16.3. The van der Waals surface area contributed by atoms with Crippen molar-refractivity contribution in [3.8, 4) is 0 Å². The van der Waals surface area contributed by atoms with Gasteiger partial charge >= 0.3 is 0 Å². The predicted octanol–water partition coefficient (Wildman–Crippen LogP) is 1.69. The highest BCUT2D eigenvalue weighted by molar-refractivity contribution is 5.88. The molecule has 5 nitrogen and oxygen atoms in total. The first-order valence-corrected chi connectivity index (χ1v) is 7.38. The molecule has 3 rings (SSSR count). The topological polar surface area (TPSA) is 58.5 Å². The SMILES string of the molecule is NCCCCN1CCN(c2nccc3occc23)CC1. The summed E-state index contributed by atoms with van der Waals surface area (Å²) in [6.07, 6.45) is 5.88. The maximum atomic E-state index is 5.54. The summed E-state index contributed by atoms with van der Waals surface area (Å²) in [7, 11) is 0. The number of nitrogens with two attached hydrogens (primary N) is 1. The standard InChI is InChI=1S/C15H22N4O/c16-5-1-2-7-18-8-10-19(11-9-18)15-13-4-12-20-14(13)3-6-17-15/h3-4,6,12H,1-2,5,7-11,16H2. The number of rotatable bonds is 5. The molecule has 0 radical (unpaired) electrons. The van der Waals surface area contributed by atoms with Gasteiger partial charge in [-0.05, 0) is 38.1 Å². The van der Waals surface area contributed by atoms with Crippen molar-refractivity contribution in [1.82, 2.24) is 9.88 Å². The summed E-state index contributed by atoms with van der Waals surface area (Å²) < 4.78 is 5.45. The normalized spacial score (nSPS) is 16.9.